The van der Waals surface area contributed by atoms with Crippen LogP contribution in [0.4, 0.5) is 0 Å². The topological polar surface area (TPSA) is 37.3 Å². The SMILES string of the molecule is C=C(CCCCS)C(=O)O. The molecule has 0 aliphatic heterocycles. The van der Waals surface area contributed by atoms with E-state index in [2.05, 4.69) is 19.2 Å². The number of carboxylic acids is 1. The van der Waals surface area contributed by atoms with Gasteiger partial charge in [-0.05, 0) is 25.0 Å². The normalized spacial score (nSPS) is 9.30. The summed E-state index contributed by atoms with van der Waals surface area (Å²) in [6.45, 7) is 3.40. The summed E-state index contributed by atoms with van der Waals surface area (Å²) in [4.78, 5) is 10.2. The van der Waals surface area contributed by atoms with Gasteiger partial charge in [-0.3, -0.25) is 0 Å². The van der Waals surface area contributed by atoms with E-state index < -0.39 is 5.97 Å². The predicted octanol–water partition coefficient (Wildman–Crippen LogP) is 1.73. The van der Waals surface area contributed by atoms with Crippen LogP contribution in [0.25, 0.3) is 0 Å². The number of hydrogen-bond donors (Lipinski definition) is 2. The fourth-order valence-electron chi connectivity index (χ4n) is 0.557. The Bertz CT molecular complexity index is 132. The Morgan fingerprint density at radius 2 is 2.10 bits per heavy atom. The summed E-state index contributed by atoms with van der Waals surface area (Å²) < 4.78 is 0. The van der Waals surface area contributed by atoms with E-state index in [0.717, 1.165) is 18.6 Å². The summed E-state index contributed by atoms with van der Waals surface area (Å²) in [5.74, 6) is -0.0773. The molecular weight excluding hydrogens is 148 g/mol. The molecule has 58 valence electrons. The second-order valence-corrected chi connectivity index (χ2v) is 2.54. The van der Waals surface area contributed by atoms with Crippen LogP contribution in [0.1, 0.15) is 19.3 Å². The number of hydrogen-bond acceptors (Lipinski definition) is 2. The molecule has 0 spiro atoms. The largest absolute Gasteiger partial charge is 0.478 e. The summed E-state index contributed by atoms with van der Waals surface area (Å²) in [6.07, 6.45) is 2.40. The quantitative estimate of drug-likeness (QED) is 0.365. The molecule has 0 unspecified atom stereocenters. The molecule has 0 saturated heterocycles. The molecule has 1 N–H and O–H groups in total. The molecule has 0 aliphatic carbocycles. The molecule has 0 aromatic rings. The van der Waals surface area contributed by atoms with Gasteiger partial charge in [-0.2, -0.15) is 12.6 Å². The van der Waals surface area contributed by atoms with Crippen LogP contribution in [0.15, 0.2) is 12.2 Å². The average Bonchev–Trinajstić information content (AvgIpc) is 1.88. The molecule has 0 atom stereocenters. The van der Waals surface area contributed by atoms with Crippen LogP contribution >= 0.6 is 12.6 Å². The standard InChI is InChI=1S/C7H12O2S/c1-6(7(8)9)4-2-3-5-10/h10H,1-5H2,(H,8,9). The highest BCUT2D eigenvalue weighted by molar-refractivity contribution is 7.80. The Morgan fingerprint density at radius 3 is 2.50 bits per heavy atom. The number of unbranched alkanes of at least 4 members (excludes halogenated alkanes) is 1. The van der Waals surface area contributed by atoms with Gasteiger partial charge in [0.25, 0.3) is 0 Å². The van der Waals surface area contributed by atoms with Crippen molar-refractivity contribution in [1.82, 2.24) is 0 Å². The van der Waals surface area contributed by atoms with Crippen molar-refractivity contribution in [2.45, 2.75) is 19.3 Å². The zero-order valence-electron chi connectivity index (χ0n) is 5.84. The highest BCUT2D eigenvalue weighted by atomic mass is 32.1. The van der Waals surface area contributed by atoms with E-state index in [4.69, 9.17) is 5.11 Å². The molecule has 2 nitrogen and oxygen atoms in total. The lowest BCUT2D eigenvalue weighted by molar-refractivity contribution is -0.132. The third kappa shape index (κ3) is 4.44. The van der Waals surface area contributed by atoms with Gasteiger partial charge < -0.3 is 5.11 Å². The lowest BCUT2D eigenvalue weighted by Gasteiger charge is -1.96. The zero-order chi connectivity index (χ0) is 7.98. The summed E-state index contributed by atoms with van der Waals surface area (Å²) in [5.41, 5.74) is 0.293. The third-order valence-electron chi connectivity index (χ3n) is 1.19. The number of thiol groups is 1. The summed E-state index contributed by atoms with van der Waals surface area (Å²) in [7, 11) is 0. The van der Waals surface area contributed by atoms with E-state index in [0.29, 0.717) is 12.0 Å². The van der Waals surface area contributed by atoms with E-state index in [1.807, 2.05) is 0 Å². The molecule has 0 bridgehead atoms. The Morgan fingerprint density at radius 1 is 1.50 bits per heavy atom. The van der Waals surface area contributed by atoms with E-state index in [-0.39, 0.29) is 0 Å². The van der Waals surface area contributed by atoms with Crippen LogP contribution in [-0.4, -0.2) is 16.8 Å². The summed E-state index contributed by atoms with van der Waals surface area (Å²) in [5, 5.41) is 8.36. The molecule has 0 rings (SSSR count). The monoisotopic (exact) mass is 160 g/mol. The molecule has 0 heterocycles. The number of aliphatic carboxylic acids is 1. The Balaban J connectivity index is 3.31. The van der Waals surface area contributed by atoms with Gasteiger partial charge in [0.05, 0.1) is 0 Å². The minimum absolute atomic E-state index is 0.293. The van der Waals surface area contributed by atoms with Crippen LogP contribution in [0.5, 0.6) is 0 Å². The molecule has 10 heavy (non-hydrogen) atoms. The molecule has 3 heteroatoms. The minimum atomic E-state index is -0.890. The van der Waals surface area contributed by atoms with Crippen molar-refractivity contribution in [3.63, 3.8) is 0 Å². The van der Waals surface area contributed by atoms with Crippen LogP contribution in [0.3, 0.4) is 0 Å². The van der Waals surface area contributed by atoms with E-state index in [1.54, 1.807) is 0 Å². The van der Waals surface area contributed by atoms with Crippen LogP contribution in [0, 0.1) is 0 Å². The van der Waals surface area contributed by atoms with E-state index >= 15 is 0 Å². The molecule has 0 aliphatic rings. The highest BCUT2D eigenvalue weighted by Gasteiger charge is 2.01. The Kier molecular flexibility index (Phi) is 5.12. The molecule has 0 fully saturated rings. The highest BCUT2D eigenvalue weighted by Crippen LogP contribution is 2.05. The van der Waals surface area contributed by atoms with Gasteiger partial charge in [0, 0.05) is 5.57 Å². The molecule has 0 aromatic heterocycles. The maximum Gasteiger partial charge on any atom is 0.330 e. The molecular formula is C7H12O2S. The van der Waals surface area contributed by atoms with Crippen molar-refractivity contribution in [2.75, 3.05) is 5.75 Å². The van der Waals surface area contributed by atoms with Gasteiger partial charge >= 0.3 is 5.97 Å². The maximum atomic E-state index is 10.2. The summed E-state index contributed by atoms with van der Waals surface area (Å²) >= 11 is 4.00. The maximum absolute atomic E-state index is 10.2. The van der Waals surface area contributed by atoms with E-state index in [9.17, 15) is 4.79 Å². The molecule has 0 amide bonds. The fourth-order valence-corrected chi connectivity index (χ4v) is 0.781. The molecule has 0 saturated carbocycles. The first-order valence-electron chi connectivity index (χ1n) is 3.20. The average molecular weight is 160 g/mol. The van der Waals surface area contributed by atoms with Crippen LogP contribution in [0.2, 0.25) is 0 Å². The number of carboxylic acid groups (broad SMARTS) is 1. The van der Waals surface area contributed by atoms with Gasteiger partial charge in [0.15, 0.2) is 0 Å². The first kappa shape index (κ1) is 9.56. The Hall–Kier alpha value is -0.440. The van der Waals surface area contributed by atoms with Crippen molar-refractivity contribution >= 4 is 18.6 Å². The first-order chi connectivity index (χ1) is 4.68. The molecule has 0 radical (unpaired) electrons. The van der Waals surface area contributed by atoms with Crippen molar-refractivity contribution in [1.29, 1.82) is 0 Å². The zero-order valence-corrected chi connectivity index (χ0v) is 6.73. The van der Waals surface area contributed by atoms with Gasteiger partial charge in [0.1, 0.15) is 0 Å². The number of rotatable bonds is 5. The minimum Gasteiger partial charge on any atom is -0.478 e. The Labute approximate surface area is 66.4 Å². The van der Waals surface area contributed by atoms with Crippen molar-refractivity contribution < 1.29 is 9.90 Å². The lowest BCUT2D eigenvalue weighted by atomic mass is 10.1. The first-order valence-corrected chi connectivity index (χ1v) is 3.83. The van der Waals surface area contributed by atoms with Crippen molar-refractivity contribution in [3.05, 3.63) is 12.2 Å². The summed E-state index contributed by atoms with van der Waals surface area (Å²) in [6, 6.07) is 0. The second-order valence-electron chi connectivity index (χ2n) is 2.09. The fraction of sp³-hybridized carbons (Fsp3) is 0.571. The van der Waals surface area contributed by atoms with Crippen molar-refractivity contribution in [2.24, 2.45) is 0 Å². The number of carbonyl (C=O) groups is 1. The van der Waals surface area contributed by atoms with E-state index in [1.165, 1.54) is 0 Å². The van der Waals surface area contributed by atoms with Crippen molar-refractivity contribution in [3.8, 4) is 0 Å². The van der Waals surface area contributed by atoms with Crippen LogP contribution in [-0.2, 0) is 4.79 Å². The van der Waals surface area contributed by atoms with Gasteiger partial charge in [-0.1, -0.05) is 6.58 Å². The smallest absolute Gasteiger partial charge is 0.330 e. The second kappa shape index (κ2) is 5.35. The lowest BCUT2D eigenvalue weighted by Crippen LogP contribution is -1.98. The molecule has 0 aromatic carbocycles. The van der Waals surface area contributed by atoms with Gasteiger partial charge in [-0.15, -0.1) is 0 Å². The van der Waals surface area contributed by atoms with Crippen LogP contribution < -0.4 is 0 Å². The predicted molar refractivity (Wildman–Crippen MR) is 44.5 cm³/mol. The van der Waals surface area contributed by atoms with Gasteiger partial charge in [0.2, 0.25) is 0 Å². The van der Waals surface area contributed by atoms with Gasteiger partial charge in [-0.25, -0.2) is 4.79 Å². The third-order valence-corrected chi connectivity index (χ3v) is 1.51.